The minimum Gasteiger partial charge on any atom is -0.363 e. The van der Waals surface area contributed by atoms with Gasteiger partial charge >= 0.3 is 0 Å². The topological polar surface area (TPSA) is 78.4 Å². The van der Waals surface area contributed by atoms with E-state index in [2.05, 4.69) is 24.4 Å². The molecule has 0 unspecified atom stereocenters. The first-order valence-electron chi connectivity index (χ1n) is 11.5. The Morgan fingerprint density at radius 2 is 1.51 bits per heavy atom. The van der Waals surface area contributed by atoms with E-state index in [1.54, 1.807) is 0 Å². The van der Waals surface area contributed by atoms with Gasteiger partial charge in [-0.15, -0.1) is 0 Å². The van der Waals surface area contributed by atoms with Gasteiger partial charge in [-0.1, -0.05) is 42.5 Å². The van der Waals surface area contributed by atoms with Crippen LogP contribution in [0.3, 0.4) is 0 Å². The number of hydrogen-bond donors (Lipinski definition) is 1. The number of para-hydroxylation sites is 1. The summed E-state index contributed by atoms with van der Waals surface area (Å²) >= 11 is 0. The number of benzene rings is 3. The zero-order valence-corrected chi connectivity index (χ0v) is 20.1. The lowest BCUT2D eigenvalue weighted by Gasteiger charge is -2.34. The molecule has 5 rings (SSSR count). The van der Waals surface area contributed by atoms with Gasteiger partial charge in [0.15, 0.2) is 0 Å². The fourth-order valence-corrected chi connectivity index (χ4v) is 5.65. The lowest BCUT2D eigenvalue weighted by atomic mass is 10.1. The lowest BCUT2D eigenvalue weighted by Crippen LogP contribution is -2.49. The molecule has 1 aliphatic rings. The van der Waals surface area contributed by atoms with E-state index in [4.69, 9.17) is 9.97 Å². The Kier molecular flexibility index (Phi) is 6.36. The van der Waals surface area contributed by atoms with E-state index in [0.29, 0.717) is 32.1 Å². The van der Waals surface area contributed by atoms with Crippen LogP contribution in [0.1, 0.15) is 18.5 Å². The molecule has 2 heterocycles. The summed E-state index contributed by atoms with van der Waals surface area (Å²) < 4.78 is 40.6. The zero-order chi connectivity index (χ0) is 24.4. The summed E-state index contributed by atoms with van der Waals surface area (Å²) in [6.45, 7) is 3.57. The highest BCUT2D eigenvalue weighted by atomic mass is 32.2. The molecule has 1 saturated heterocycles. The SMILES string of the molecule is C[C@@H](Nc1nc(N2CCN(S(=O)(=O)c3ccc(F)cc3)CC2)nc2ccccc12)c1ccccc1. The van der Waals surface area contributed by atoms with Crippen molar-refractivity contribution in [1.29, 1.82) is 0 Å². The van der Waals surface area contributed by atoms with Gasteiger partial charge in [-0.3, -0.25) is 0 Å². The third-order valence-corrected chi connectivity index (χ3v) is 8.13. The van der Waals surface area contributed by atoms with Crippen LogP contribution >= 0.6 is 0 Å². The smallest absolute Gasteiger partial charge is 0.243 e. The zero-order valence-electron chi connectivity index (χ0n) is 19.3. The molecule has 3 aromatic carbocycles. The maximum Gasteiger partial charge on any atom is 0.243 e. The number of piperazine rings is 1. The van der Waals surface area contributed by atoms with Crippen molar-refractivity contribution >= 4 is 32.7 Å². The van der Waals surface area contributed by atoms with E-state index in [9.17, 15) is 12.8 Å². The molecule has 180 valence electrons. The summed E-state index contributed by atoms with van der Waals surface area (Å²) in [5.41, 5.74) is 1.97. The molecule has 0 spiro atoms. The summed E-state index contributed by atoms with van der Waals surface area (Å²) in [7, 11) is -3.69. The number of aromatic nitrogens is 2. The maximum atomic E-state index is 13.2. The van der Waals surface area contributed by atoms with Crippen molar-refractivity contribution in [2.75, 3.05) is 36.4 Å². The summed E-state index contributed by atoms with van der Waals surface area (Å²) in [6, 6.07) is 23.0. The Balaban J connectivity index is 1.37. The molecule has 0 amide bonds. The van der Waals surface area contributed by atoms with Crippen molar-refractivity contribution in [2.24, 2.45) is 0 Å². The molecule has 9 heteroatoms. The van der Waals surface area contributed by atoms with Crippen molar-refractivity contribution in [2.45, 2.75) is 17.9 Å². The fourth-order valence-electron chi connectivity index (χ4n) is 4.23. The first-order valence-corrected chi connectivity index (χ1v) is 12.9. The Morgan fingerprint density at radius 1 is 0.857 bits per heavy atom. The number of rotatable bonds is 6. The summed E-state index contributed by atoms with van der Waals surface area (Å²) in [4.78, 5) is 11.7. The van der Waals surface area contributed by atoms with Crippen LogP contribution in [0.5, 0.6) is 0 Å². The Bertz CT molecular complexity index is 1420. The number of halogens is 1. The Labute approximate surface area is 204 Å². The van der Waals surface area contributed by atoms with Crippen LogP contribution in [0.2, 0.25) is 0 Å². The van der Waals surface area contributed by atoms with E-state index in [0.717, 1.165) is 34.4 Å². The second-order valence-electron chi connectivity index (χ2n) is 8.51. The number of fused-ring (bicyclic) bond motifs is 1. The molecule has 1 atom stereocenters. The highest BCUT2D eigenvalue weighted by Gasteiger charge is 2.29. The van der Waals surface area contributed by atoms with E-state index in [-0.39, 0.29) is 10.9 Å². The van der Waals surface area contributed by atoms with Crippen LogP contribution in [0.25, 0.3) is 10.9 Å². The number of nitrogens with zero attached hydrogens (tertiary/aromatic N) is 4. The van der Waals surface area contributed by atoms with Crippen molar-refractivity contribution in [3.63, 3.8) is 0 Å². The summed E-state index contributed by atoms with van der Waals surface area (Å²) in [5, 5.41) is 4.45. The van der Waals surface area contributed by atoms with Gasteiger partial charge in [-0.25, -0.2) is 17.8 Å². The number of nitrogens with one attached hydrogen (secondary N) is 1. The molecule has 1 aliphatic heterocycles. The molecule has 0 bridgehead atoms. The van der Waals surface area contributed by atoms with Crippen molar-refractivity contribution in [3.8, 4) is 0 Å². The highest BCUT2D eigenvalue weighted by molar-refractivity contribution is 7.89. The predicted molar refractivity (Wildman–Crippen MR) is 135 cm³/mol. The molecule has 1 aromatic heterocycles. The molecular weight excluding hydrogens is 465 g/mol. The van der Waals surface area contributed by atoms with E-state index in [1.165, 1.54) is 16.4 Å². The monoisotopic (exact) mass is 491 g/mol. The molecule has 1 N–H and O–H groups in total. The quantitative estimate of drug-likeness (QED) is 0.429. The Hall–Kier alpha value is -3.56. The first-order chi connectivity index (χ1) is 16.9. The minimum atomic E-state index is -3.69. The number of hydrogen-bond acceptors (Lipinski definition) is 6. The Morgan fingerprint density at radius 3 is 2.23 bits per heavy atom. The molecule has 7 nitrogen and oxygen atoms in total. The molecule has 0 saturated carbocycles. The van der Waals surface area contributed by atoms with Crippen LogP contribution in [0.15, 0.2) is 83.8 Å². The molecule has 35 heavy (non-hydrogen) atoms. The van der Waals surface area contributed by atoms with Crippen LogP contribution in [-0.2, 0) is 10.0 Å². The van der Waals surface area contributed by atoms with E-state index < -0.39 is 15.8 Å². The van der Waals surface area contributed by atoms with Crippen molar-refractivity contribution in [3.05, 3.63) is 90.2 Å². The third-order valence-electron chi connectivity index (χ3n) is 6.22. The minimum absolute atomic E-state index is 0.0417. The maximum absolute atomic E-state index is 13.2. The van der Waals surface area contributed by atoms with Gasteiger partial charge in [0.2, 0.25) is 16.0 Å². The third kappa shape index (κ3) is 4.82. The van der Waals surface area contributed by atoms with Crippen LogP contribution in [0.4, 0.5) is 16.2 Å². The van der Waals surface area contributed by atoms with E-state index >= 15 is 0 Å². The standard InChI is InChI=1S/C26H26FN5O2S/c1-19(20-7-3-2-4-8-20)28-25-23-9-5-6-10-24(23)29-26(30-25)31-15-17-32(18-16-31)35(33,34)22-13-11-21(27)12-14-22/h2-14,19H,15-18H2,1H3,(H,28,29,30)/t19-/m1/s1. The lowest BCUT2D eigenvalue weighted by molar-refractivity contribution is 0.382. The number of sulfonamides is 1. The van der Waals surface area contributed by atoms with Gasteiger partial charge in [-0.05, 0) is 48.9 Å². The first kappa shape index (κ1) is 23.2. The number of anilines is 2. The van der Waals surface area contributed by atoms with Crippen LogP contribution in [0, 0.1) is 5.82 Å². The van der Waals surface area contributed by atoms with E-state index in [1.807, 2.05) is 47.4 Å². The van der Waals surface area contributed by atoms with Gasteiger partial charge in [0.25, 0.3) is 0 Å². The van der Waals surface area contributed by atoms with Gasteiger partial charge in [0, 0.05) is 37.6 Å². The van der Waals surface area contributed by atoms with Gasteiger partial charge in [0.1, 0.15) is 11.6 Å². The second kappa shape index (κ2) is 9.59. The van der Waals surface area contributed by atoms with Crippen molar-refractivity contribution in [1.82, 2.24) is 14.3 Å². The van der Waals surface area contributed by atoms with Gasteiger partial charge < -0.3 is 10.2 Å². The summed E-state index contributed by atoms with van der Waals surface area (Å²) in [6.07, 6.45) is 0. The summed E-state index contributed by atoms with van der Waals surface area (Å²) in [5.74, 6) is 0.835. The molecule has 0 aliphatic carbocycles. The molecule has 0 radical (unpaired) electrons. The fraction of sp³-hybridized carbons (Fsp3) is 0.231. The molecular formula is C26H26FN5O2S. The van der Waals surface area contributed by atoms with Gasteiger partial charge in [-0.2, -0.15) is 9.29 Å². The van der Waals surface area contributed by atoms with Crippen LogP contribution < -0.4 is 10.2 Å². The largest absolute Gasteiger partial charge is 0.363 e. The average Bonchev–Trinajstić information content (AvgIpc) is 2.89. The predicted octanol–water partition coefficient (Wildman–Crippen LogP) is 4.45. The van der Waals surface area contributed by atoms with Crippen LogP contribution in [-0.4, -0.2) is 48.9 Å². The van der Waals surface area contributed by atoms with Crippen molar-refractivity contribution < 1.29 is 12.8 Å². The van der Waals surface area contributed by atoms with Gasteiger partial charge in [0.05, 0.1) is 10.4 Å². The second-order valence-corrected chi connectivity index (χ2v) is 10.4. The molecule has 1 fully saturated rings. The molecule has 4 aromatic rings. The normalized spacial score (nSPS) is 15.8. The highest BCUT2D eigenvalue weighted by Crippen LogP contribution is 2.28. The average molecular weight is 492 g/mol.